The third kappa shape index (κ3) is 3.73. The Kier molecular flexibility index (Phi) is 5.64. The highest BCUT2D eigenvalue weighted by atomic mass is 35.5. The minimum Gasteiger partial charge on any atom is -0.382 e. The van der Waals surface area contributed by atoms with Crippen LogP contribution in [0.5, 0.6) is 0 Å². The molecule has 0 bridgehead atoms. The second kappa shape index (κ2) is 7.00. The Bertz CT molecular complexity index is 473. The van der Waals surface area contributed by atoms with Crippen molar-refractivity contribution in [1.29, 1.82) is 0 Å². The van der Waals surface area contributed by atoms with E-state index in [4.69, 9.17) is 11.6 Å². The second-order valence-electron chi connectivity index (χ2n) is 3.62. The van der Waals surface area contributed by atoms with Gasteiger partial charge in [-0.2, -0.15) is 5.10 Å². The zero-order valence-electron chi connectivity index (χ0n) is 10.5. The van der Waals surface area contributed by atoms with Crippen molar-refractivity contribution in [3.05, 3.63) is 21.6 Å². The van der Waals surface area contributed by atoms with Gasteiger partial charge in [0.1, 0.15) is 5.02 Å². The molecule has 0 atom stereocenters. The van der Waals surface area contributed by atoms with Crippen molar-refractivity contribution in [2.45, 2.75) is 26.8 Å². The van der Waals surface area contributed by atoms with Crippen LogP contribution in [-0.4, -0.2) is 28.8 Å². The van der Waals surface area contributed by atoms with Crippen LogP contribution in [-0.2, 0) is 11.3 Å². The zero-order valence-corrected chi connectivity index (χ0v) is 11.3. The number of nitrogens with one attached hydrogen (secondary N) is 2. The van der Waals surface area contributed by atoms with E-state index in [1.807, 2.05) is 13.8 Å². The molecule has 0 radical (unpaired) electrons. The van der Waals surface area contributed by atoms with Gasteiger partial charge in [0, 0.05) is 26.1 Å². The molecule has 0 aliphatic rings. The normalized spacial score (nSPS) is 10.2. The van der Waals surface area contributed by atoms with E-state index in [1.165, 1.54) is 10.9 Å². The average molecular weight is 273 g/mol. The minimum absolute atomic E-state index is 0.0454. The molecule has 1 aromatic rings. The molecular formula is C11H17ClN4O2. The molecule has 0 fully saturated rings. The maximum absolute atomic E-state index is 11.7. The van der Waals surface area contributed by atoms with E-state index in [2.05, 4.69) is 15.7 Å². The molecule has 0 saturated heterocycles. The van der Waals surface area contributed by atoms with Gasteiger partial charge < -0.3 is 10.6 Å². The summed E-state index contributed by atoms with van der Waals surface area (Å²) in [5.41, 5.74) is 0.123. The summed E-state index contributed by atoms with van der Waals surface area (Å²) < 4.78 is 1.28. The molecular weight excluding hydrogens is 256 g/mol. The first-order valence-electron chi connectivity index (χ1n) is 5.86. The van der Waals surface area contributed by atoms with E-state index in [0.717, 1.165) is 0 Å². The molecule has 7 heteroatoms. The first-order valence-corrected chi connectivity index (χ1v) is 6.24. The van der Waals surface area contributed by atoms with E-state index in [1.54, 1.807) is 0 Å². The van der Waals surface area contributed by atoms with Crippen LogP contribution < -0.4 is 16.2 Å². The second-order valence-corrected chi connectivity index (χ2v) is 4.00. The number of aromatic nitrogens is 2. The van der Waals surface area contributed by atoms with Gasteiger partial charge in [-0.3, -0.25) is 9.59 Å². The van der Waals surface area contributed by atoms with E-state index < -0.39 is 0 Å². The van der Waals surface area contributed by atoms with Gasteiger partial charge >= 0.3 is 0 Å². The zero-order chi connectivity index (χ0) is 13.5. The Morgan fingerprint density at radius 2 is 2.22 bits per heavy atom. The lowest BCUT2D eigenvalue weighted by molar-refractivity contribution is -0.120. The Balaban J connectivity index is 2.61. The predicted octanol–water partition coefficient (Wildman–Crippen LogP) is 0.855. The number of rotatable bonds is 6. The quantitative estimate of drug-likeness (QED) is 0.805. The lowest BCUT2D eigenvalue weighted by atomic mass is 10.3. The maximum Gasteiger partial charge on any atom is 0.287 e. The largest absolute Gasteiger partial charge is 0.382 e. The number of aryl methyl sites for hydroxylation is 1. The molecule has 0 saturated carbocycles. The summed E-state index contributed by atoms with van der Waals surface area (Å²) in [7, 11) is 0. The molecule has 0 unspecified atom stereocenters. The lowest BCUT2D eigenvalue weighted by Crippen LogP contribution is -2.26. The van der Waals surface area contributed by atoms with Gasteiger partial charge in [0.05, 0.1) is 11.9 Å². The van der Waals surface area contributed by atoms with Crippen LogP contribution in [0.4, 0.5) is 5.69 Å². The van der Waals surface area contributed by atoms with Crippen molar-refractivity contribution in [2.24, 2.45) is 0 Å². The predicted molar refractivity (Wildman–Crippen MR) is 71.0 cm³/mol. The van der Waals surface area contributed by atoms with Crippen molar-refractivity contribution >= 4 is 23.2 Å². The third-order valence-electron chi connectivity index (χ3n) is 2.33. The van der Waals surface area contributed by atoms with Gasteiger partial charge in [0.15, 0.2) is 0 Å². The number of halogens is 1. The van der Waals surface area contributed by atoms with Gasteiger partial charge in [-0.05, 0) is 13.8 Å². The summed E-state index contributed by atoms with van der Waals surface area (Å²) in [5.74, 6) is -0.0454. The Morgan fingerprint density at radius 3 is 2.83 bits per heavy atom. The lowest BCUT2D eigenvalue weighted by Gasteiger charge is -2.09. The summed E-state index contributed by atoms with van der Waals surface area (Å²) >= 11 is 5.92. The molecule has 1 amide bonds. The Labute approximate surface area is 110 Å². The van der Waals surface area contributed by atoms with Gasteiger partial charge in [0.2, 0.25) is 5.91 Å². The molecule has 1 aromatic heterocycles. The molecule has 1 heterocycles. The first kappa shape index (κ1) is 14.5. The standard InChI is InChI=1S/C11H17ClN4O2/c1-3-13-9(17)5-6-14-8-7-15-16(4-2)11(18)10(8)12/h7,14H,3-6H2,1-2H3,(H,13,17). The molecule has 1 rings (SSSR count). The highest BCUT2D eigenvalue weighted by molar-refractivity contribution is 6.32. The summed E-state index contributed by atoms with van der Waals surface area (Å²) in [5, 5.41) is 9.66. The molecule has 18 heavy (non-hydrogen) atoms. The number of hydrogen-bond acceptors (Lipinski definition) is 4. The molecule has 0 aliphatic carbocycles. The third-order valence-corrected chi connectivity index (χ3v) is 2.69. The summed E-state index contributed by atoms with van der Waals surface area (Å²) in [6, 6.07) is 0. The SMILES string of the molecule is CCNC(=O)CCNc1cnn(CC)c(=O)c1Cl. The van der Waals surface area contributed by atoms with Crippen LogP contribution >= 0.6 is 11.6 Å². The smallest absolute Gasteiger partial charge is 0.287 e. The number of amides is 1. The van der Waals surface area contributed by atoms with Gasteiger partial charge in [-0.1, -0.05) is 11.6 Å². The van der Waals surface area contributed by atoms with Crippen LogP contribution in [0.2, 0.25) is 5.02 Å². The maximum atomic E-state index is 11.7. The monoisotopic (exact) mass is 272 g/mol. The molecule has 0 aromatic carbocycles. The number of anilines is 1. The van der Waals surface area contributed by atoms with Crippen LogP contribution in [0, 0.1) is 0 Å². The van der Waals surface area contributed by atoms with Gasteiger partial charge in [-0.25, -0.2) is 4.68 Å². The number of nitrogens with zero attached hydrogens (tertiary/aromatic N) is 2. The van der Waals surface area contributed by atoms with Crippen molar-refractivity contribution in [1.82, 2.24) is 15.1 Å². The van der Waals surface area contributed by atoms with Gasteiger partial charge in [-0.15, -0.1) is 0 Å². The fourth-order valence-corrected chi connectivity index (χ4v) is 1.62. The van der Waals surface area contributed by atoms with Crippen LogP contribution in [0.3, 0.4) is 0 Å². The molecule has 0 spiro atoms. The van der Waals surface area contributed by atoms with Crippen molar-refractivity contribution in [3.63, 3.8) is 0 Å². The first-order chi connectivity index (χ1) is 8.60. The summed E-state index contributed by atoms with van der Waals surface area (Å²) in [6.45, 7) is 5.15. The van der Waals surface area contributed by atoms with Crippen molar-refractivity contribution in [3.8, 4) is 0 Å². The Hall–Kier alpha value is -1.56. The van der Waals surface area contributed by atoms with E-state index >= 15 is 0 Å². The fourth-order valence-electron chi connectivity index (χ4n) is 1.41. The van der Waals surface area contributed by atoms with Crippen LogP contribution in [0.25, 0.3) is 0 Å². The highest BCUT2D eigenvalue weighted by Gasteiger charge is 2.08. The molecule has 0 aliphatic heterocycles. The van der Waals surface area contributed by atoms with Crippen molar-refractivity contribution in [2.75, 3.05) is 18.4 Å². The average Bonchev–Trinajstić information content (AvgIpc) is 2.35. The number of hydrogen-bond donors (Lipinski definition) is 2. The minimum atomic E-state index is -0.331. The van der Waals surface area contributed by atoms with Gasteiger partial charge in [0.25, 0.3) is 5.56 Å². The number of carbonyl (C=O) groups excluding carboxylic acids is 1. The molecule has 2 N–H and O–H groups in total. The number of carbonyl (C=O) groups is 1. The molecule has 100 valence electrons. The Morgan fingerprint density at radius 1 is 1.50 bits per heavy atom. The highest BCUT2D eigenvalue weighted by Crippen LogP contribution is 2.14. The van der Waals surface area contributed by atoms with E-state index in [0.29, 0.717) is 31.7 Å². The van der Waals surface area contributed by atoms with E-state index in [9.17, 15) is 9.59 Å². The van der Waals surface area contributed by atoms with Crippen LogP contribution in [0.15, 0.2) is 11.0 Å². The topological polar surface area (TPSA) is 76.0 Å². The summed E-state index contributed by atoms with van der Waals surface area (Å²) in [4.78, 5) is 22.9. The fraction of sp³-hybridized carbons (Fsp3) is 0.545. The van der Waals surface area contributed by atoms with E-state index in [-0.39, 0.29) is 16.5 Å². The van der Waals surface area contributed by atoms with Crippen molar-refractivity contribution < 1.29 is 4.79 Å². The summed E-state index contributed by atoms with van der Waals surface area (Å²) in [6.07, 6.45) is 1.81. The van der Waals surface area contributed by atoms with Crippen LogP contribution in [0.1, 0.15) is 20.3 Å². The molecule has 6 nitrogen and oxygen atoms in total.